The lowest BCUT2D eigenvalue weighted by atomic mass is 9.92. The van der Waals surface area contributed by atoms with Crippen molar-refractivity contribution in [1.29, 1.82) is 0 Å². The van der Waals surface area contributed by atoms with Gasteiger partial charge in [0.2, 0.25) is 39.1 Å². The van der Waals surface area contributed by atoms with Gasteiger partial charge in [0, 0.05) is 119 Å². The summed E-state index contributed by atoms with van der Waals surface area (Å²) >= 11 is 19.2. The third-order valence-electron chi connectivity index (χ3n) is 15.5. The third kappa shape index (κ3) is 16.5. The molecule has 98 heavy (non-hydrogen) atoms. The van der Waals surface area contributed by atoms with Crippen molar-refractivity contribution in [3.63, 3.8) is 0 Å². The minimum absolute atomic E-state index is 0.107. The summed E-state index contributed by atoms with van der Waals surface area (Å²) in [6, 6.07) is 30.8. The van der Waals surface area contributed by atoms with Crippen LogP contribution >= 0.6 is 45.5 Å². The molecule has 3 N–H and O–H groups in total. The molecule has 3 aromatic heterocycles. The van der Waals surface area contributed by atoms with Crippen LogP contribution in [0.15, 0.2) is 175 Å². The van der Waals surface area contributed by atoms with Gasteiger partial charge in [-0.2, -0.15) is 3.71 Å². The first-order chi connectivity index (χ1) is 45.6. The van der Waals surface area contributed by atoms with Crippen molar-refractivity contribution in [2.75, 3.05) is 39.2 Å². The minimum atomic E-state index is -4.27. The van der Waals surface area contributed by atoms with Gasteiger partial charge in [-0.15, -0.1) is 0 Å². The number of aryl methyl sites for hydroxylation is 3. The smallest absolute Gasteiger partial charge is 0.250 e. The molecular formula is C67H60Cl4F3N9O11S4. The van der Waals surface area contributed by atoms with E-state index in [1.54, 1.807) is 113 Å². The van der Waals surface area contributed by atoms with E-state index < -0.39 is 51.0 Å². The molecule has 12 rings (SSSR count). The highest BCUT2D eigenvalue weighted by atomic mass is 35.7. The lowest BCUT2D eigenvalue weighted by Gasteiger charge is -2.23. The molecule has 0 saturated carbocycles. The summed E-state index contributed by atoms with van der Waals surface area (Å²) in [5, 5.41) is 0.472. The number of benzene rings is 6. The number of rotatable bonds is 8. The molecule has 0 saturated heterocycles. The van der Waals surface area contributed by atoms with Gasteiger partial charge < -0.3 is 19.4 Å². The van der Waals surface area contributed by atoms with E-state index in [4.69, 9.17) is 55.5 Å². The molecule has 3 aliphatic rings. The number of aromatic nitrogens is 3. The zero-order chi connectivity index (χ0) is 72.2. The zero-order valence-corrected chi connectivity index (χ0v) is 59.9. The lowest BCUT2D eigenvalue weighted by molar-refractivity contribution is 0.590. The van der Waals surface area contributed by atoms with E-state index in [0.717, 1.165) is 58.4 Å². The van der Waals surface area contributed by atoms with Crippen LogP contribution in [0.25, 0.3) is 33.4 Å². The van der Waals surface area contributed by atoms with Gasteiger partial charge in [0.05, 0.1) is 92.4 Å². The average Bonchev–Trinajstić information content (AvgIpc) is 1.45. The molecule has 20 nitrogen and oxygen atoms in total. The summed E-state index contributed by atoms with van der Waals surface area (Å²) in [6.07, 6.45) is 8.58. The standard InChI is InChI=1S/C23H21ClFN3O5S2.C22H19ClFN3O3S.C21H17ClFN3O.CH3ClO2S/c1-13-16-11-22(29)27(2)12-19(16)17-10-21(28(34(3,30)31)35(4,32)33)20(24)9-18(17)23(26-13)14-5-7-15(25)8-6-14;1-12-15-10-21(28)27(2)11-18(15)16-9-20(26-31(3,29)30)19(23)8-17(16)22(25-12)13-4-6-14(24)7-5-13;1-11-14-9-20(27)26(2)10-17(14)15-8-19(24)18(22)7-16(15)21(25-11)12-3-5-13(23)6-4-12;1-5(2,3)4/h5-13H,1-4H3;4-12,26H,1-3H3;3-11H,24H2,1-2H3;1H3/t13-;12-;11-;/m000./s1. The van der Waals surface area contributed by atoms with Gasteiger partial charge in [-0.1, -0.05) is 34.8 Å². The van der Waals surface area contributed by atoms with Crippen LogP contribution in [0.1, 0.15) is 89.0 Å². The number of halogens is 7. The van der Waals surface area contributed by atoms with E-state index in [2.05, 4.69) is 15.4 Å². The van der Waals surface area contributed by atoms with Crippen LogP contribution in [0, 0.1) is 17.5 Å². The maximum absolute atomic E-state index is 13.6. The van der Waals surface area contributed by atoms with Crippen LogP contribution in [-0.4, -0.2) is 89.5 Å². The molecular weight excluding hydrogens is 1430 g/mol. The van der Waals surface area contributed by atoms with Gasteiger partial charge in [-0.3, -0.25) is 34.1 Å². The van der Waals surface area contributed by atoms with E-state index in [-0.39, 0.29) is 65.5 Å². The first-order valence-electron chi connectivity index (χ1n) is 29.1. The molecule has 0 radical (unpaired) electrons. The Labute approximate surface area is 582 Å². The second kappa shape index (κ2) is 28.3. The average molecular weight is 1490 g/mol. The second-order valence-corrected chi connectivity index (χ2v) is 33.1. The molecule has 512 valence electrons. The van der Waals surface area contributed by atoms with Crippen LogP contribution in [0.4, 0.5) is 30.2 Å². The number of pyridine rings is 3. The minimum Gasteiger partial charge on any atom is -0.398 e. The van der Waals surface area contributed by atoms with Crippen molar-refractivity contribution < 1.29 is 46.8 Å². The summed E-state index contributed by atoms with van der Waals surface area (Å²) in [6.45, 7) is 5.58. The first-order valence-corrected chi connectivity index (χ1v) is 38.5. The number of hydrogen-bond acceptors (Lipinski definition) is 15. The van der Waals surface area contributed by atoms with Crippen LogP contribution in [0.3, 0.4) is 0 Å². The molecule has 0 fully saturated rings. The summed E-state index contributed by atoms with van der Waals surface area (Å²) in [7, 11) is -5.89. The van der Waals surface area contributed by atoms with E-state index in [1.807, 2.05) is 13.8 Å². The summed E-state index contributed by atoms with van der Waals surface area (Å²) in [4.78, 5) is 51.4. The molecule has 0 amide bonds. The predicted molar refractivity (Wildman–Crippen MR) is 383 cm³/mol. The number of nitrogens with one attached hydrogen (secondary N) is 1. The summed E-state index contributed by atoms with van der Waals surface area (Å²) in [5.41, 5.74) is 17.7. The fourth-order valence-corrected chi connectivity index (χ4v) is 15.5. The molecule has 9 aromatic rings. The number of sulfonamides is 3. The fraction of sp³-hybridized carbons (Fsp3) is 0.194. The Kier molecular flexibility index (Phi) is 21.2. The molecule has 0 unspecified atom stereocenters. The molecule has 0 spiro atoms. The van der Waals surface area contributed by atoms with Gasteiger partial charge in [-0.25, -0.2) is 46.8 Å². The quantitative estimate of drug-likeness (QED) is 0.106. The maximum atomic E-state index is 13.6. The molecule has 6 aromatic carbocycles. The number of nitrogens with two attached hydrogens (primary N) is 1. The van der Waals surface area contributed by atoms with E-state index in [1.165, 1.54) is 74.4 Å². The van der Waals surface area contributed by atoms with E-state index >= 15 is 0 Å². The zero-order valence-electron chi connectivity index (χ0n) is 53.6. The highest BCUT2D eigenvalue weighted by molar-refractivity contribution is 8.13. The number of nitrogen functional groups attached to an aromatic ring is 1. The first kappa shape index (κ1) is 73.6. The van der Waals surface area contributed by atoms with Crippen molar-refractivity contribution in [1.82, 2.24) is 13.7 Å². The fourth-order valence-electron chi connectivity index (χ4n) is 11.2. The number of aliphatic imine (C=N–C) groups is 3. The van der Waals surface area contributed by atoms with Gasteiger partial charge in [-0.05, 0) is 163 Å². The second-order valence-electron chi connectivity index (χ2n) is 23.2. The topological polar surface area (TPSA) is 281 Å². The van der Waals surface area contributed by atoms with Crippen LogP contribution in [-0.2, 0) is 60.3 Å². The molecule has 3 atom stereocenters. The van der Waals surface area contributed by atoms with Crippen molar-refractivity contribution in [3.05, 3.63) is 260 Å². The van der Waals surface area contributed by atoms with Crippen LogP contribution < -0.4 is 30.8 Å². The molecule has 31 heteroatoms. The number of nitrogens with zero attached hydrogens (tertiary/aromatic N) is 7. The van der Waals surface area contributed by atoms with E-state index in [9.17, 15) is 61.2 Å². The van der Waals surface area contributed by atoms with Crippen molar-refractivity contribution >= 4 is 119 Å². The highest BCUT2D eigenvalue weighted by Gasteiger charge is 2.34. The molecule has 0 bridgehead atoms. The Balaban J connectivity index is 0.000000167. The highest BCUT2D eigenvalue weighted by Crippen LogP contribution is 2.45. The Morgan fingerprint density at radius 3 is 1.05 bits per heavy atom. The van der Waals surface area contributed by atoms with Crippen molar-refractivity contribution in [2.24, 2.45) is 36.1 Å². The van der Waals surface area contributed by atoms with Gasteiger partial charge in [0.15, 0.2) is 0 Å². The SMILES string of the molecule is CS(=O)(=O)Cl.C[C@@H]1N=C(c2ccc(F)cc2)c2cc(Cl)c(N(S(C)(=O)=O)S(C)(=O)=O)cc2-c2cn(C)c(=O)cc21.C[C@@H]1N=C(c2ccc(F)cc2)c2cc(Cl)c(N)cc2-c2cn(C)c(=O)cc21.C[C@@H]1N=C(c2ccc(F)cc2)c2cc(Cl)c(NS(C)(=O)=O)cc2-c2cn(C)c(=O)cc21. The Bertz CT molecular complexity index is 5480. The monoisotopic (exact) mass is 1490 g/mol. The number of hydrogen-bond donors (Lipinski definition) is 2. The summed E-state index contributed by atoms with van der Waals surface area (Å²) < 4.78 is 140. The Morgan fingerprint density at radius 1 is 0.439 bits per heavy atom. The van der Waals surface area contributed by atoms with Gasteiger partial charge >= 0.3 is 0 Å². The van der Waals surface area contributed by atoms with Crippen molar-refractivity contribution in [2.45, 2.75) is 38.9 Å². The predicted octanol–water partition coefficient (Wildman–Crippen LogP) is 12.1. The number of anilines is 3. The Hall–Kier alpha value is -8.67. The number of fused-ring (bicyclic) bond motifs is 9. The van der Waals surface area contributed by atoms with E-state index in [0.29, 0.717) is 77.9 Å². The largest absolute Gasteiger partial charge is 0.398 e. The molecule has 6 heterocycles. The Morgan fingerprint density at radius 2 is 0.735 bits per heavy atom. The molecule has 0 aliphatic carbocycles. The summed E-state index contributed by atoms with van der Waals surface area (Å²) in [5.74, 6) is -1.13. The van der Waals surface area contributed by atoms with Crippen LogP contribution in [0.2, 0.25) is 15.1 Å². The van der Waals surface area contributed by atoms with Gasteiger partial charge in [0.25, 0.3) is 16.7 Å². The van der Waals surface area contributed by atoms with Gasteiger partial charge in [0.1, 0.15) is 17.5 Å². The van der Waals surface area contributed by atoms with Crippen molar-refractivity contribution in [3.8, 4) is 33.4 Å². The lowest BCUT2D eigenvalue weighted by Crippen LogP contribution is -2.35. The third-order valence-corrected chi connectivity index (χ3v) is 20.3. The van der Waals surface area contributed by atoms with Crippen LogP contribution in [0.5, 0.6) is 0 Å². The maximum Gasteiger partial charge on any atom is 0.250 e. The normalized spacial score (nSPS) is 15.4. The molecule has 3 aliphatic heterocycles.